The fourth-order valence-corrected chi connectivity index (χ4v) is 1.73. The van der Waals surface area contributed by atoms with E-state index in [-0.39, 0.29) is 35.9 Å². The van der Waals surface area contributed by atoms with E-state index in [1.54, 1.807) is 6.92 Å². The maximum atomic E-state index is 11.3. The normalized spacial score (nSPS) is 10.0. The zero-order valence-corrected chi connectivity index (χ0v) is 11.6. The second-order valence-electron chi connectivity index (χ2n) is 4.12. The highest BCUT2D eigenvalue weighted by atomic mass is 16.6. The lowest BCUT2D eigenvalue weighted by atomic mass is 10.2. The van der Waals surface area contributed by atoms with Gasteiger partial charge in [0.2, 0.25) is 0 Å². The first kappa shape index (κ1) is 15.1. The number of nitrogens with one attached hydrogen (secondary N) is 1. The number of fused-ring (bicyclic) bond motifs is 1. The van der Waals surface area contributed by atoms with Crippen LogP contribution in [0.3, 0.4) is 0 Å². The van der Waals surface area contributed by atoms with Gasteiger partial charge in [-0.1, -0.05) is 0 Å². The van der Waals surface area contributed by atoms with E-state index in [1.165, 1.54) is 18.2 Å². The Morgan fingerprint density at radius 2 is 2.23 bits per heavy atom. The molecule has 0 bridgehead atoms. The van der Waals surface area contributed by atoms with Crippen molar-refractivity contribution in [1.29, 1.82) is 5.26 Å². The molecule has 0 radical (unpaired) electrons. The standard InChI is InChI=1S/C13H11N5O4/c1-2-22-12(19)7-15-13-11(6-14)16-10-5-8(18(20)21)3-4-9(10)17-13/h3-5H,2,7H2,1H3,(H,15,17). The van der Waals surface area contributed by atoms with Crippen molar-refractivity contribution in [3.05, 3.63) is 34.0 Å². The van der Waals surface area contributed by atoms with Crippen molar-refractivity contribution >= 4 is 28.5 Å². The average Bonchev–Trinajstić information content (AvgIpc) is 2.51. The Balaban J connectivity index is 2.35. The lowest BCUT2D eigenvalue weighted by Crippen LogP contribution is -2.18. The topological polar surface area (TPSA) is 131 Å². The summed E-state index contributed by atoms with van der Waals surface area (Å²) in [5.41, 5.74) is 0.401. The quantitative estimate of drug-likeness (QED) is 0.497. The van der Waals surface area contributed by atoms with Crippen LogP contribution in [0.5, 0.6) is 0 Å². The Kier molecular flexibility index (Phi) is 4.43. The Morgan fingerprint density at radius 3 is 2.86 bits per heavy atom. The monoisotopic (exact) mass is 301 g/mol. The van der Waals surface area contributed by atoms with Crippen molar-refractivity contribution < 1.29 is 14.5 Å². The van der Waals surface area contributed by atoms with E-state index in [4.69, 9.17) is 10.00 Å². The third kappa shape index (κ3) is 3.24. The molecule has 0 aliphatic rings. The number of aromatic nitrogens is 2. The number of esters is 1. The van der Waals surface area contributed by atoms with Gasteiger partial charge in [-0.15, -0.1) is 0 Å². The number of carbonyl (C=O) groups excluding carboxylic acids is 1. The first-order chi connectivity index (χ1) is 10.5. The molecule has 0 aliphatic carbocycles. The van der Waals surface area contributed by atoms with Crippen LogP contribution in [0.2, 0.25) is 0 Å². The van der Waals surface area contributed by atoms with E-state index < -0.39 is 10.9 Å². The van der Waals surface area contributed by atoms with Gasteiger partial charge in [0, 0.05) is 12.1 Å². The first-order valence-corrected chi connectivity index (χ1v) is 6.31. The Hall–Kier alpha value is -3.28. The van der Waals surface area contributed by atoms with E-state index in [1.807, 2.05) is 6.07 Å². The van der Waals surface area contributed by atoms with Gasteiger partial charge in [0.1, 0.15) is 12.6 Å². The number of hydrogen-bond acceptors (Lipinski definition) is 8. The highest BCUT2D eigenvalue weighted by molar-refractivity contribution is 5.81. The molecule has 0 aliphatic heterocycles. The molecule has 1 aromatic carbocycles. The Bertz CT molecular complexity index is 784. The molecule has 2 rings (SSSR count). The predicted molar refractivity (Wildman–Crippen MR) is 76.0 cm³/mol. The zero-order valence-electron chi connectivity index (χ0n) is 11.6. The molecule has 0 spiro atoms. The molecule has 0 saturated heterocycles. The molecular formula is C13H11N5O4. The van der Waals surface area contributed by atoms with Crippen LogP contribution in [-0.4, -0.2) is 34.0 Å². The van der Waals surface area contributed by atoms with Crippen LogP contribution < -0.4 is 5.32 Å². The Labute approximate surface area is 124 Å². The minimum absolute atomic E-state index is 0.0581. The smallest absolute Gasteiger partial charge is 0.325 e. The van der Waals surface area contributed by atoms with Gasteiger partial charge in [-0.05, 0) is 13.0 Å². The summed E-state index contributed by atoms with van der Waals surface area (Å²) in [5, 5.41) is 22.5. The van der Waals surface area contributed by atoms with Crippen molar-refractivity contribution in [2.24, 2.45) is 0 Å². The summed E-state index contributed by atoms with van der Waals surface area (Å²) in [6.45, 7) is 1.77. The van der Waals surface area contributed by atoms with E-state index in [9.17, 15) is 14.9 Å². The molecule has 9 heteroatoms. The summed E-state index contributed by atoms with van der Waals surface area (Å²) in [5.74, 6) is -0.367. The summed E-state index contributed by atoms with van der Waals surface area (Å²) in [7, 11) is 0. The summed E-state index contributed by atoms with van der Waals surface area (Å²) in [6.07, 6.45) is 0. The first-order valence-electron chi connectivity index (χ1n) is 6.31. The molecule has 0 amide bonds. The van der Waals surface area contributed by atoms with Crippen LogP contribution in [0, 0.1) is 21.4 Å². The Morgan fingerprint density at radius 1 is 1.45 bits per heavy atom. The summed E-state index contributed by atoms with van der Waals surface area (Å²) in [4.78, 5) is 29.7. The lowest BCUT2D eigenvalue weighted by molar-refractivity contribution is -0.384. The minimum atomic E-state index is -0.555. The van der Waals surface area contributed by atoms with E-state index >= 15 is 0 Å². The number of hydrogen-bond donors (Lipinski definition) is 1. The molecule has 0 fully saturated rings. The molecule has 0 unspecified atom stereocenters. The number of nitro benzene ring substituents is 1. The highest BCUT2D eigenvalue weighted by Crippen LogP contribution is 2.21. The number of ether oxygens (including phenoxy) is 1. The SMILES string of the molecule is CCOC(=O)CNc1nc2ccc([N+](=O)[O-])cc2nc1C#N. The number of non-ortho nitro benzene ring substituents is 1. The van der Waals surface area contributed by atoms with Crippen molar-refractivity contribution in [2.75, 3.05) is 18.5 Å². The van der Waals surface area contributed by atoms with Gasteiger partial charge in [-0.2, -0.15) is 5.26 Å². The number of nitriles is 1. The summed E-state index contributed by atoms with van der Waals surface area (Å²) >= 11 is 0. The second-order valence-corrected chi connectivity index (χ2v) is 4.12. The van der Waals surface area contributed by atoms with Gasteiger partial charge in [0.25, 0.3) is 5.69 Å². The van der Waals surface area contributed by atoms with E-state index in [0.29, 0.717) is 5.52 Å². The van der Waals surface area contributed by atoms with Crippen LogP contribution >= 0.6 is 0 Å². The zero-order chi connectivity index (χ0) is 16.1. The maximum absolute atomic E-state index is 11.3. The lowest BCUT2D eigenvalue weighted by Gasteiger charge is -2.07. The maximum Gasteiger partial charge on any atom is 0.325 e. The summed E-state index contributed by atoms with van der Waals surface area (Å²) < 4.78 is 4.76. The molecule has 0 atom stereocenters. The largest absolute Gasteiger partial charge is 0.465 e. The molecular weight excluding hydrogens is 290 g/mol. The molecule has 1 N–H and O–H groups in total. The number of benzene rings is 1. The van der Waals surface area contributed by atoms with Crippen LogP contribution in [0.15, 0.2) is 18.2 Å². The minimum Gasteiger partial charge on any atom is -0.465 e. The van der Waals surface area contributed by atoms with Crippen molar-refractivity contribution in [3.8, 4) is 6.07 Å². The third-order valence-corrected chi connectivity index (χ3v) is 2.67. The van der Waals surface area contributed by atoms with Gasteiger partial charge in [-0.25, -0.2) is 9.97 Å². The van der Waals surface area contributed by atoms with Crippen LogP contribution in [0.1, 0.15) is 12.6 Å². The highest BCUT2D eigenvalue weighted by Gasteiger charge is 2.13. The molecule has 22 heavy (non-hydrogen) atoms. The molecule has 9 nitrogen and oxygen atoms in total. The van der Waals surface area contributed by atoms with Crippen molar-refractivity contribution in [3.63, 3.8) is 0 Å². The molecule has 112 valence electrons. The number of carbonyl (C=O) groups is 1. The van der Waals surface area contributed by atoms with Gasteiger partial charge in [0.05, 0.1) is 22.6 Å². The molecule has 2 aromatic rings. The molecule has 1 heterocycles. The van der Waals surface area contributed by atoms with Gasteiger partial charge in [-0.3, -0.25) is 14.9 Å². The van der Waals surface area contributed by atoms with Crippen molar-refractivity contribution in [1.82, 2.24) is 9.97 Å². The molecule has 1 aromatic heterocycles. The summed E-state index contributed by atoms with van der Waals surface area (Å²) in [6, 6.07) is 5.79. The van der Waals surface area contributed by atoms with Crippen molar-refractivity contribution in [2.45, 2.75) is 6.92 Å². The van der Waals surface area contributed by atoms with E-state index in [0.717, 1.165) is 0 Å². The number of rotatable bonds is 5. The van der Waals surface area contributed by atoms with E-state index in [2.05, 4.69) is 15.3 Å². The third-order valence-electron chi connectivity index (χ3n) is 2.67. The number of anilines is 1. The van der Waals surface area contributed by atoms with Gasteiger partial charge in [0.15, 0.2) is 11.5 Å². The average molecular weight is 301 g/mol. The fraction of sp³-hybridized carbons (Fsp3) is 0.231. The molecule has 0 saturated carbocycles. The fourth-order valence-electron chi connectivity index (χ4n) is 1.73. The van der Waals surface area contributed by atoms with Crippen LogP contribution in [-0.2, 0) is 9.53 Å². The number of nitro groups is 1. The predicted octanol–water partition coefficient (Wildman–Crippen LogP) is 1.38. The van der Waals surface area contributed by atoms with Crippen LogP contribution in [0.25, 0.3) is 11.0 Å². The van der Waals surface area contributed by atoms with Gasteiger partial charge >= 0.3 is 5.97 Å². The number of nitrogens with zero attached hydrogens (tertiary/aromatic N) is 4. The van der Waals surface area contributed by atoms with Crippen LogP contribution in [0.4, 0.5) is 11.5 Å². The van der Waals surface area contributed by atoms with Gasteiger partial charge < -0.3 is 10.1 Å². The second kappa shape index (κ2) is 6.45.